The van der Waals surface area contributed by atoms with Crippen molar-refractivity contribution in [2.75, 3.05) is 14.2 Å². The topological polar surface area (TPSA) is 124 Å². The normalized spacial score (nSPS) is 10.9. The molecule has 0 fully saturated rings. The predicted molar refractivity (Wildman–Crippen MR) is 159 cm³/mol. The van der Waals surface area contributed by atoms with Gasteiger partial charge < -0.3 is 28.4 Å². The van der Waals surface area contributed by atoms with Crippen molar-refractivity contribution in [3.63, 3.8) is 0 Å². The fourth-order valence-corrected chi connectivity index (χ4v) is 3.75. The first-order valence-electron chi connectivity index (χ1n) is 13.2. The lowest BCUT2D eigenvalue weighted by atomic mass is 10.1. The Morgan fingerprint density at radius 1 is 0.477 bits per heavy atom. The van der Waals surface area contributed by atoms with Gasteiger partial charge in [0.1, 0.15) is 36.2 Å². The zero-order valence-electron chi connectivity index (χ0n) is 23.9. The van der Waals surface area contributed by atoms with Crippen molar-refractivity contribution < 1.29 is 47.6 Å². The summed E-state index contributed by atoms with van der Waals surface area (Å²) in [6, 6.07) is 23.7. The summed E-state index contributed by atoms with van der Waals surface area (Å²) in [5, 5.41) is 1.41. The van der Waals surface area contributed by atoms with E-state index < -0.39 is 23.9 Å². The van der Waals surface area contributed by atoms with Crippen LogP contribution in [0.3, 0.4) is 0 Å². The summed E-state index contributed by atoms with van der Waals surface area (Å²) in [5.41, 5.74) is 1.53. The Morgan fingerprint density at radius 2 is 0.818 bits per heavy atom. The van der Waals surface area contributed by atoms with E-state index in [0.717, 1.165) is 35.4 Å². The molecule has 0 aromatic heterocycles. The van der Waals surface area contributed by atoms with E-state index in [2.05, 4.69) is 0 Å². The van der Waals surface area contributed by atoms with Gasteiger partial charge in [0.25, 0.3) is 0 Å². The van der Waals surface area contributed by atoms with E-state index >= 15 is 0 Å². The van der Waals surface area contributed by atoms with Crippen LogP contribution in [0.2, 0.25) is 0 Å². The number of hydrogen-bond donors (Lipinski definition) is 0. The second-order valence-corrected chi connectivity index (χ2v) is 9.09. The van der Waals surface area contributed by atoms with E-state index in [4.69, 9.17) is 28.4 Å². The van der Waals surface area contributed by atoms with Crippen molar-refractivity contribution >= 4 is 34.6 Å². The molecule has 4 aromatic rings. The fraction of sp³-hybridized carbons (Fsp3) is 0.118. The minimum atomic E-state index is -0.759. The first-order chi connectivity index (χ1) is 21.3. The SMILES string of the molecule is COc1ccc(COC(=O)/C=C/C(=O)Oc2ccc3cc(OC(=O)/C=C/C(=O)OCc4ccc(OC)cc4)ccc3c2)cc1. The predicted octanol–water partition coefficient (Wildman–Crippen LogP) is 5.27. The molecule has 224 valence electrons. The van der Waals surface area contributed by atoms with Gasteiger partial charge in [0.15, 0.2) is 0 Å². The average Bonchev–Trinajstić information content (AvgIpc) is 3.05. The number of fused-ring (bicyclic) bond motifs is 1. The van der Waals surface area contributed by atoms with Gasteiger partial charge in [-0.25, -0.2) is 19.2 Å². The van der Waals surface area contributed by atoms with Crippen molar-refractivity contribution in [3.8, 4) is 23.0 Å². The molecule has 0 unspecified atom stereocenters. The van der Waals surface area contributed by atoms with E-state index in [1.54, 1.807) is 99.1 Å². The molecule has 0 aliphatic rings. The number of rotatable bonds is 12. The number of carbonyl (C=O) groups excluding carboxylic acids is 4. The second kappa shape index (κ2) is 15.4. The van der Waals surface area contributed by atoms with E-state index in [-0.39, 0.29) is 24.7 Å². The van der Waals surface area contributed by atoms with Crippen LogP contribution in [0.25, 0.3) is 10.8 Å². The number of benzene rings is 4. The smallest absolute Gasteiger partial charge is 0.336 e. The van der Waals surface area contributed by atoms with Crippen molar-refractivity contribution in [2.24, 2.45) is 0 Å². The lowest BCUT2D eigenvalue weighted by molar-refractivity contribution is -0.140. The summed E-state index contributed by atoms with van der Waals surface area (Å²) < 4.78 is 31.0. The van der Waals surface area contributed by atoms with Gasteiger partial charge in [-0.1, -0.05) is 36.4 Å². The Labute approximate surface area is 253 Å². The standard InChI is InChI=1S/C34H28O10/c1-39-27-9-3-23(4-10-27)21-41-31(35)15-17-33(37)43-29-13-7-26-20-30(14-8-25(26)19-29)44-34(38)18-16-32(36)42-22-24-5-11-28(40-2)12-6-24/h3-20H,21-22H2,1-2H3/b17-15+,18-16+. The first kappa shape index (κ1) is 31.0. The van der Waals surface area contributed by atoms with Gasteiger partial charge in [-0.3, -0.25) is 0 Å². The minimum Gasteiger partial charge on any atom is -0.497 e. The molecule has 0 saturated carbocycles. The summed E-state index contributed by atoms with van der Waals surface area (Å²) in [5.74, 6) is -1.04. The summed E-state index contributed by atoms with van der Waals surface area (Å²) in [6.45, 7) is 0.0801. The second-order valence-electron chi connectivity index (χ2n) is 9.09. The van der Waals surface area contributed by atoms with Crippen molar-refractivity contribution in [2.45, 2.75) is 13.2 Å². The molecule has 0 N–H and O–H groups in total. The maximum Gasteiger partial charge on any atom is 0.336 e. The zero-order chi connectivity index (χ0) is 31.3. The third kappa shape index (κ3) is 9.59. The van der Waals surface area contributed by atoms with Crippen LogP contribution in [-0.2, 0) is 41.9 Å². The molecule has 0 amide bonds. The van der Waals surface area contributed by atoms with Crippen LogP contribution in [0.1, 0.15) is 11.1 Å². The summed E-state index contributed by atoms with van der Waals surface area (Å²) in [4.78, 5) is 48.3. The highest BCUT2D eigenvalue weighted by Crippen LogP contribution is 2.25. The third-order valence-electron chi connectivity index (χ3n) is 6.01. The van der Waals surface area contributed by atoms with Crippen LogP contribution < -0.4 is 18.9 Å². The van der Waals surface area contributed by atoms with Crippen LogP contribution in [-0.4, -0.2) is 38.1 Å². The summed E-state index contributed by atoms with van der Waals surface area (Å²) >= 11 is 0. The number of hydrogen-bond acceptors (Lipinski definition) is 10. The molecular formula is C34H28O10. The van der Waals surface area contributed by atoms with Gasteiger partial charge in [0.05, 0.1) is 14.2 Å². The minimum absolute atomic E-state index is 0.0401. The highest BCUT2D eigenvalue weighted by molar-refractivity contribution is 5.94. The number of carbonyl (C=O) groups is 4. The Kier molecular flexibility index (Phi) is 10.8. The molecule has 4 aromatic carbocycles. The fourth-order valence-electron chi connectivity index (χ4n) is 3.75. The van der Waals surface area contributed by atoms with Gasteiger partial charge in [-0.05, 0) is 70.4 Å². The van der Waals surface area contributed by atoms with Crippen molar-refractivity contribution in [1.29, 1.82) is 0 Å². The molecule has 0 aliphatic carbocycles. The van der Waals surface area contributed by atoms with E-state index in [0.29, 0.717) is 22.3 Å². The maximum absolute atomic E-state index is 12.2. The van der Waals surface area contributed by atoms with E-state index in [9.17, 15) is 19.2 Å². The molecule has 0 atom stereocenters. The van der Waals surface area contributed by atoms with Gasteiger partial charge in [-0.15, -0.1) is 0 Å². The van der Waals surface area contributed by atoms with Crippen molar-refractivity contribution in [1.82, 2.24) is 0 Å². The number of ether oxygens (including phenoxy) is 6. The largest absolute Gasteiger partial charge is 0.497 e. The highest BCUT2D eigenvalue weighted by atomic mass is 16.5. The Balaban J connectivity index is 1.23. The van der Waals surface area contributed by atoms with E-state index in [1.807, 2.05) is 0 Å². The van der Waals surface area contributed by atoms with Crippen LogP contribution in [0, 0.1) is 0 Å². The van der Waals surface area contributed by atoms with Crippen LogP contribution in [0.15, 0.2) is 109 Å². The molecule has 10 nitrogen and oxygen atoms in total. The monoisotopic (exact) mass is 596 g/mol. The Bertz CT molecular complexity index is 1560. The third-order valence-corrected chi connectivity index (χ3v) is 6.01. The molecule has 0 spiro atoms. The molecule has 10 heteroatoms. The van der Waals surface area contributed by atoms with Crippen LogP contribution in [0.4, 0.5) is 0 Å². The van der Waals surface area contributed by atoms with Crippen LogP contribution >= 0.6 is 0 Å². The lowest BCUT2D eigenvalue weighted by Gasteiger charge is -2.06. The maximum atomic E-state index is 12.2. The summed E-state index contributed by atoms with van der Waals surface area (Å²) in [6.07, 6.45) is 3.93. The molecular weight excluding hydrogens is 568 g/mol. The van der Waals surface area contributed by atoms with E-state index in [1.165, 1.54) is 0 Å². The molecule has 44 heavy (non-hydrogen) atoms. The number of methoxy groups -OCH3 is 2. The molecule has 4 rings (SSSR count). The van der Waals surface area contributed by atoms with Crippen LogP contribution in [0.5, 0.6) is 23.0 Å². The Hall–Kier alpha value is -5.90. The molecule has 0 saturated heterocycles. The molecule has 0 heterocycles. The van der Waals surface area contributed by atoms with Gasteiger partial charge in [0, 0.05) is 24.3 Å². The lowest BCUT2D eigenvalue weighted by Crippen LogP contribution is -2.07. The van der Waals surface area contributed by atoms with Crippen molar-refractivity contribution in [3.05, 3.63) is 120 Å². The molecule has 0 aliphatic heterocycles. The van der Waals surface area contributed by atoms with Gasteiger partial charge >= 0.3 is 23.9 Å². The Morgan fingerprint density at radius 3 is 1.18 bits per heavy atom. The zero-order valence-corrected chi connectivity index (χ0v) is 23.9. The summed E-state index contributed by atoms with van der Waals surface area (Å²) in [7, 11) is 3.12. The average molecular weight is 597 g/mol. The van der Waals surface area contributed by atoms with Gasteiger partial charge in [0.2, 0.25) is 0 Å². The first-order valence-corrected chi connectivity index (χ1v) is 13.2. The molecule has 0 bridgehead atoms. The highest BCUT2D eigenvalue weighted by Gasteiger charge is 2.08. The quantitative estimate of drug-likeness (QED) is 0.121. The number of esters is 4. The van der Waals surface area contributed by atoms with Gasteiger partial charge in [-0.2, -0.15) is 0 Å². The molecule has 0 radical (unpaired) electrons.